The molecule has 1 unspecified atom stereocenters. The van der Waals surface area contributed by atoms with E-state index in [2.05, 4.69) is 31.2 Å². The van der Waals surface area contributed by atoms with Gasteiger partial charge < -0.3 is 30.7 Å². The highest BCUT2D eigenvalue weighted by Crippen LogP contribution is 2.32. The SMILES string of the molecule is COC(=O)c1cccc(CNC(=O)C2CNc3c(C(=O)NCc4ccc5c(c4)NC(=O)CO5)ncnc32)c1. The Hall–Kier alpha value is -5.00. The summed E-state index contributed by atoms with van der Waals surface area (Å²) in [5.41, 5.74) is 3.40. The molecule has 12 nitrogen and oxygen atoms in total. The summed E-state index contributed by atoms with van der Waals surface area (Å²) in [5.74, 6) is -1.46. The third kappa shape index (κ3) is 5.09. The van der Waals surface area contributed by atoms with Crippen LogP contribution in [0.5, 0.6) is 5.75 Å². The van der Waals surface area contributed by atoms with Gasteiger partial charge in [0.25, 0.3) is 11.8 Å². The fourth-order valence-corrected chi connectivity index (χ4v) is 4.27. The van der Waals surface area contributed by atoms with Crippen molar-refractivity contribution in [3.05, 3.63) is 76.9 Å². The smallest absolute Gasteiger partial charge is 0.337 e. The van der Waals surface area contributed by atoms with Gasteiger partial charge in [0, 0.05) is 19.6 Å². The molecule has 0 aliphatic carbocycles. The van der Waals surface area contributed by atoms with Crippen molar-refractivity contribution in [1.82, 2.24) is 20.6 Å². The molecule has 1 aromatic heterocycles. The quantitative estimate of drug-likeness (QED) is 0.340. The molecule has 0 bridgehead atoms. The van der Waals surface area contributed by atoms with Crippen LogP contribution in [-0.2, 0) is 27.4 Å². The number of aromatic nitrogens is 2. The first-order valence-corrected chi connectivity index (χ1v) is 11.8. The molecule has 3 heterocycles. The van der Waals surface area contributed by atoms with Crippen LogP contribution < -0.4 is 26.0 Å². The number of hydrogen-bond acceptors (Lipinski definition) is 9. The number of benzene rings is 2. The molecule has 5 rings (SSSR count). The lowest BCUT2D eigenvalue weighted by atomic mass is 10.1. The molecule has 2 aliphatic rings. The summed E-state index contributed by atoms with van der Waals surface area (Å²) in [7, 11) is 1.31. The lowest BCUT2D eigenvalue weighted by Gasteiger charge is -2.18. The highest BCUT2D eigenvalue weighted by Gasteiger charge is 2.33. The van der Waals surface area contributed by atoms with E-state index in [1.165, 1.54) is 13.4 Å². The monoisotopic (exact) mass is 516 g/mol. The third-order valence-electron chi connectivity index (χ3n) is 6.17. The molecule has 0 fully saturated rings. The Morgan fingerprint density at radius 2 is 1.89 bits per heavy atom. The van der Waals surface area contributed by atoms with Gasteiger partial charge in [-0.15, -0.1) is 0 Å². The van der Waals surface area contributed by atoms with Crippen molar-refractivity contribution < 1.29 is 28.7 Å². The van der Waals surface area contributed by atoms with Crippen LogP contribution in [-0.4, -0.2) is 53.9 Å². The van der Waals surface area contributed by atoms with E-state index in [4.69, 9.17) is 9.47 Å². The zero-order valence-corrected chi connectivity index (χ0v) is 20.4. The van der Waals surface area contributed by atoms with Crippen molar-refractivity contribution in [3.8, 4) is 5.75 Å². The molecule has 1 atom stereocenters. The minimum Gasteiger partial charge on any atom is -0.482 e. The van der Waals surface area contributed by atoms with E-state index >= 15 is 0 Å². The first-order valence-electron chi connectivity index (χ1n) is 11.8. The Morgan fingerprint density at radius 3 is 2.74 bits per heavy atom. The number of methoxy groups -OCH3 is 1. The van der Waals surface area contributed by atoms with Crippen molar-refractivity contribution in [2.75, 3.05) is 30.9 Å². The van der Waals surface area contributed by atoms with Crippen molar-refractivity contribution in [2.24, 2.45) is 0 Å². The Labute approximate surface area is 217 Å². The molecule has 0 spiro atoms. The lowest BCUT2D eigenvalue weighted by Crippen LogP contribution is -2.30. The number of amides is 3. The standard InChI is InChI=1S/C26H24N6O6/c1-37-26(36)16-4-2-3-14(7-16)9-28-24(34)17-11-27-22-21(17)30-13-31-23(22)25(35)29-10-15-5-6-19-18(8-15)32-20(33)12-38-19/h2-8,13,17,27H,9-12H2,1H3,(H,28,34)(H,29,35)(H,32,33). The van der Waals surface area contributed by atoms with E-state index in [9.17, 15) is 19.2 Å². The van der Waals surface area contributed by atoms with Crippen molar-refractivity contribution in [3.63, 3.8) is 0 Å². The molecular weight excluding hydrogens is 492 g/mol. The predicted octanol–water partition coefficient (Wildman–Crippen LogP) is 1.35. The number of esters is 1. The maximum absolute atomic E-state index is 12.9. The van der Waals surface area contributed by atoms with Crippen LogP contribution in [0, 0.1) is 0 Å². The molecule has 3 amide bonds. The van der Waals surface area contributed by atoms with E-state index < -0.39 is 17.8 Å². The number of carbonyl (C=O) groups excluding carboxylic acids is 4. The first-order chi connectivity index (χ1) is 18.4. The molecule has 4 N–H and O–H groups in total. The van der Waals surface area contributed by atoms with Gasteiger partial charge in [-0.2, -0.15) is 0 Å². The zero-order valence-electron chi connectivity index (χ0n) is 20.4. The van der Waals surface area contributed by atoms with E-state index in [1.54, 1.807) is 42.5 Å². The second kappa shape index (κ2) is 10.5. The molecule has 194 valence electrons. The summed E-state index contributed by atoms with van der Waals surface area (Å²) >= 11 is 0. The first kappa shape index (κ1) is 24.7. The molecule has 0 radical (unpaired) electrons. The molecule has 0 saturated heterocycles. The van der Waals surface area contributed by atoms with Crippen LogP contribution in [0.2, 0.25) is 0 Å². The van der Waals surface area contributed by atoms with Crippen molar-refractivity contribution in [2.45, 2.75) is 19.0 Å². The number of rotatable bonds is 7. The number of fused-ring (bicyclic) bond motifs is 2. The van der Waals surface area contributed by atoms with Gasteiger partial charge in [0.2, 0.25) is 5.91 Å². The molecule has 0 saturated carbocycles. The van der Waals surface area contributed by atoms with Gasteiger partial charge in [-0.25, -0.2) is 14.8 Å². The van der Waals surface area contributed by atoms with E-state index in [0.717, 1.165) is 11.1 Å². The normalized spacial score (nSPS) is 15.2. The maximum atomic E-state index is 12.9. The molecule has 38 heavy (non-hydrogen) atoms. The highest BCUT2D eigenvalue weighted by atomic mass is 16.5. The second-order valence-electron chi connectivity index (χ2n) is 8.68. The molecule has 2 aliphatic heterocycles. The van der Waals surface area contributed by atoms with Crippen molar-refractivity contribution in [1.29, 1.82) is 0 Å². The van der Waals surface area contributed by atoms with Crippen LogP contribution in [0.3, 0.4) is 0 Å². The third-order valence-corrected chi connectivity index (χ3v) is 6.17. The predicted molar refractivity (Wildman–Crippen MR) is 135 cm³/mol. The molecule has 2 aromatic carbocycles. The average molecular weight is 517 g/mol. The maximum Gasteiger partial charge on any atom is 0.337 e. The topological polar surface area (TPSA) is 161 Å². The number of anilines is 2. The Morgan fingerprint density at radius 1 is 1.08 bits per heavy atom. The minimum absolute atomic E-state index is 0.0312. The largest absolute Gasteiger partial charge is 0.482 e. The van der Waals surface area contributed by atoms with Crippen LogP contribution >= 0.6 is 0 Å². The second-order valence-corrected chi connectivity index (χ2v) is 8.68. The minimum atomic E-state index is -0.618. The summed E-state index contributed by atoms with van der Waals surface area (Å²) in [6, 6.07) is 12.1. The highest BCUT2D eigenvalue weighted by molar-refractivity contribution is 6.00. The van der Waals surface area contributed by atoms with Crippen LogP contribution in [0.4, 0.5) is 11.4 Å². The fourth-order valence-electron chi connectivity index (χ4n) is 4.27. The summed E-state index contributed by atoms with van der Waals surface area (Å²) < 4.78 is 10.1. The zero-order chi connectivity index (χ0) is 26.6. The van der Waals surface area contributed by atoms with E-state index in [0.29, 0.717) is 28.4 Å². The lowest BCUT2D eigenvalue weighted by molar-refractivity contribution is -0.122. The van der Waals surface area contributed by atoms with Gasteiger partial charge in [0.05, 0.1) is 35.7 Å². The van der Waals surface area contributed by atoms with E-state index in [1.807, 2.05) is 0 Å². The molecule has 12 heteroatoms. The van der Waals surface area contributed by atoms with Gasteiger partial charge in [-0.05, 0) is 35.4 Å². The van der Waals surface area contributed by atoms with Gasteiger partial charge in [-0.3, -0.25) is 14.4 Å². The summed E-state index contributed by atoms with van der Waals surface area (Å²) in [6.45, 7) is 0.624. The number of nitrogens with one attached hydrogen (secondary N) is 4. The summed E-state index contributed by atoms with van der Waals surface area (Å²) in [4.78, 5) is 57.6. The van der Waals surface area contributed by atoms with Gasteiger partial charge >= 0.3 is 5.97 Å². The number of ether oxygens (including phenoxy) is 2. The van der Waals surface area contributed by atoms with Gasteiger partial charge in [-0.1, -0.05) is 18.2 Å². The van der Waals surface area contributed by atoms with Gasteiger partial charge in [0.15, 0.2) is 12.3 Å². The van der Waals surface area contributed by atoms with Gasteiger partial charge in [0.1, 0.15) is 12.1 Å². The number of carbonyl (C=O) groups is 4. The van der Waals surface area contributed by atoms with E-state index in [-0.39, 0.29) is 43.7 Å². The number of hydrogen-bond donors (Lipinski definition) is 4. The summed E-state index contributed by atoms with van der Waals surface area (Å²) in [6.07, 6.45) is 1.26. The number of nitrogens with zero attached hydrogens (tertiary/aromatic N) is 2. The fraction of sp³-hybridized carbons (Fsp3) is 0.231. The summed E-state index contributed by atoms with van der Waals surface area (Å²) in [5, 5.41) is 11.5. The molecular formula is C26H24N6O6. The van der Waals surface area contributed by atoms with Crippen LogP contribution in [0.15, 0.2) is 48.8 Å². The Kier molecular flexibility index (Phi) is 6.85. The van der Waals surface area contributed by atoms with Crippen LogP contribution in [0.1, 0.15) is 43.6 Å². The van der Waals surface area contributed by atoms with Crippen molar-refractivity contribution >= 4 is 35.1 Å². The van der Waals surface area contributed by atoms with Crippen LogP contribution in [0.25, 0.3) is 0 Å². The Balaban J connectivity index is 1.23. The average Bonchev–Trinajstić information content (AvgIpc) is 3.38. The Bertz CT molecular complexity index is 1440. The molecule has 3 aromatic rings.